The lowest BCUT2D eigenvalue weighted by molar-refractivity contribution is 0.171. The molecule has 0 unspecified atom stereocenters. The van der Waals surface area contributed by atoms with Gasteiger partial charge < -0.3 is 19.3 Å². The number of hydrogen-bond donors (Lipinski definition) is 1. The average molecular weight is 440 g/mol. The highest BCUT2D eigenvalue weighted by Gasteiger charge is 2.20. The van der Waals surface area contributed by atoms with Gasteiger partial charge in [0.25, 0.3) is 5.89 Å². The van der Waals surface area contributed by atoms with Crippen LogP contribution < -0.4 is 14.8 Å². The van der Waals surface area contributed by atoms with Crippen LogP contribution in [0.4, 0.5) is 11.4 Å². The number of nitrogens with zero attached hydrogens (tertiary/aromatic N) is 4. The van der Waals surface area contributed by atoms with Gasteiger partial charge in [-0.25, -0.2) is 9.97 Å². The summed E-state index contributed by atoms with van der Waals surface area (Å²) in [6.45, 7) is 7.07. The number of ether oxygens (including phenoxy) is 2. The van der Waals surface area contributed by atoms with Crippen LogP contribution in [0.3, 0.4) is 0 Å². The summed E-state index contributed by atoms with van der Waals surface area (Å²) in [5.74, 6) is 2.67. The van der Waals surface area contributed by atoms with Crippen LogP contribution in [0.1, 0.15) is 31.3 Å². The largest absolute Gasteiger partial charge is 0.486 e. The zero-order chi connectivity index (χ0) is 20.7. The molecule has 1 aliphatic heterocycles. The molecule has 0 bridgehead atoms. The minimum absolute atomic E-state index is 0. The molecule has 31 heavy (non-hydrogen) atoms. The highest BCUT2D eigenvalue weighted by molar-refractivity contribution is 5.98. The smallest absolute Gasteiger partial charge is 0.261 e. The Morgan fingerprint density at radius 3 is 2.58 bits per heavy atom. The molecule has 0 saturated heterocycles. The standard InChI is InChI=1S/C22H21N5O3.ClH/c1-12(2)20-26-22(30-27-20)16-11-23-21-15(6-4-13(3)24-21)19(16)25-14-5-7-17-18(10-14)29-9-8-28-17;/h4-7,10-12H,8-9H2,1-3H3,(H,23,24,25);1H. The molecule has 0 fully saturated rings. The van der Waals surface area contributed by atoms with Gasteiger partial charge in [0, 0.05) is 34.9 Å². The Hall–Kier alpha value is -3.39. The molecule has 0 saturated carbocycles. The number of rotatable bonds is 4. The lowest BCUT2D eigenvalue weighted by atomic mass is 10.1. The first-order valence-corrected chi connectivity index (χ1v) is 9.85. The van der Waals surface area contributed by atoms with Crippen LogP contribution in [-0.2, 0) is 0 Å². The molecule has 1 aromatic carbocycles. The fourth-order valence-corrected chi connectivity index (χ4v) is 3.31. The van der Waals surface area contributed by atoms with Crippen molar-refractivity contribution >= 4 is 34.8 Å². The lowest BCUT2D eigenvalue weighted by Crippen LogP contribution is -2.15. The molecule has 0 amide bonds. The number of aryl methyl sites for hydroxylation is 1. The summed E-state index contributed by atoms with van der Waals surface area (Å²) in [4.78, 5) is 13.6. The van der Waals surface area contributed by atoms with Crippen molar-refractivity contribution in [1.29, 1.82) is 0 Å². The van der Waals surface area contributed by atoms with Crippen LogP contribution in [0.5, 0.6) is 11.5 Å². The molecule has 160 valence electrons. The number of hydrogen-bond acceptors (Lipinski definition) is 8. The van der Waals surface area contributed by atoms with Crippen molar-refractivity contribution in [2.24, 2.45) is 0 Å². The number of halogens is 1. The van der Waals surface area contributed by atoms with E-state index in [4.69, 9.17) is 14.0 Å². The molecule has 3 aromatic heterocycles. The van der Waals surface area contributed by atoms with E-state index in [0.717, 1.165) is 28.2 Å². The van der Waals surface area contributed by atoms with Gasteiger partial charge in [0.05, 0.1) is 11.3 Å². The second kappa shape index (κ2) is 8.39. The van der Waals surface area contributed by atoms with Crippen molar-refractivity contribution in [2.45, 2.75) is 26.7 Å². The molecule has 9 heteroatoms. The summed E-state index contributed by atoms with van der Waals surface area (Å²) in [7, 11) is 0. The quantitative estimate of drug-likeness (QED) is 0.472. The molecule has 0 spiro atoms. The van der Waals surface area contributed by atoms with Gasteiger partial charge >= 0.3 is 0 Å². The summed E-state index contributed by atoms with van der Waals surface area (Å²) >= 11 is 0. The Bertz CT molecular complexity index is 1240. The zero-order valence-corrected chi connectivity index (χ0v) is 18.2. The molecule has 0 radical (unpaired) electrons. The van der Waals surface area contributed by atoms with Gasteiger partial charge in [-0.2, -0.15) is 4.98 Å². The molecule has 0 aliphatic carbocycles. The van der Waals surface area contributed by atoms with Crippen molar-refractivity contribution in [3.63, 3.8) is 0 Å². The van der Waals surface area contributed by atoms with Crippen LogP contribution in [0.25, 0.3) is 22.5 Å². The van der Waals surface area contributed by atoms with E-state index >= 15 is 0 Å². The topological polar surface area (TPSA) is 95.2 Å². The van der Waals surface area contributed by atoms with E-state index in [9.17, 15) is 0 Å². The third kappa shape index (κ3) is 3.98. The van der Waals surface area contributed by atoms with Crippen LogP contribution in [0.15, 0.2) is 41.1 Å². The molecule has 5 rings (SSSR count). The minimum atomic E-state index is 0. The van der Waals surface area contributed by atoms with Crippen molar-refractivity contribution in [3.05, 3.63) is 48.0 Å². The van der Waals surface area contributed by atoms with E-state index < -0.39 is 0 Å². The molecule has 4 heterocycles. The first-order chi connectivity index (χ1) is 14.6. The predicted octanol–water partition coefficient (Wildman–Crippen LogP) is 5.05. The summed E-state index contributed by atoms with van der Waals surface area (Å²) in [6, 6.07) is 9.70. The first-order valence-electron chi connectivity index (χ1n) is 9.85. The predicted molar refractivity (Wildman–Crippen MR) is 120 cm³/mol. The maximum absolute atomic E-state index is 5.72. The molecular formula is C22H22ClN5O3. The Kier molecular flexibility index (Phi) is 5.65. The molecule has 8 nitrogen and oxygen atoms in total. The van der Waals surface area contributed by atoms with Gasteiger partial charge in [0.15, 0.2) is 23.0 Å². The van der Waals surface area contributed by atoms with Crippen molar-refractivity contribution < 1.29 is 14.0 Å². The van der Waals surface area contributed by atoms with Crippen molar-refractivity contribution in [3.8, 4) is 23.0 Å². The second-order valence-corrected chi connectivity index (χ2v) is 7.47. The maximum atomic E-state index is 5.72. The minimum Gasteiger partial charge on any atom is -0.486 e. The first kappa shape index (κ1) is 20.9. The molecule has 1 aliphatic rings. The van der Waals surface area contributed by atoms with Gasteiger partial charge in [-0.05, 0) is 31.2 Å². The SMILES string of the molecule is Cc1ccc2c(Nc3ccc4c(c3)OCCO4)c(-c3nc(C(C)C)no3)cnc2n1.Cl. The fraction of sp³-hybridized carbons (Fsp3) is 0.273. The number of nitrogens with one attached hydrogen (secondary N) is 1. The van der Waals surface area contributed by atoms with E-state index in [1.807, 2.05) is 51.1 Å². The number of fused-ring (bicyclic) bond motifs is 2. The van der Waals surface area contributed by atoms with Gasteiger partial charge in [-0.1, -0.05) is 19.0 Å². The highest BCUT2D eigenvalue weighted by atomic mass is 35.5. The third-order valence-corrected chi connectivity index (χ3v) is 4.87. The van der Waals surface area contributed by atoms with Crippen molar-refractivity contribution in [2.75, 3.05) is 18.5 Å². The van der Waals surface area contributed by atoms with E-state index in [-0.39, 0.29) is 18.3 Å². The Balaban J connectivity index is 0.00000231. The van der Waals surface area contributed by atoms with E-state index in [1.54, 1.807) is 6.20 Å². The lowest BCUT2D eigenvalue weighted by Gasteiger charge is -2.20. The van der Waals surface area contributed by atoms with E-state index in [1.165, 1.54) is 0 Å². The van der Waals surface area contributed by atoms with Crippen LogP contribution >= 0.6 is 12.4 Å². The monoisotopic (exact) mass is 439 g/mol. The van der Waals surface area contributed by atoms with Gasteiger partial charge in [0.1, 0.15) is 13.2 Å². The average Bonchev–Trinajstić information content (AvgIpc) is 3.24. The summed E-state index contributed by atoms with van der Waals surface area (Å²) in [5.41, 5.74) is 3.89. The molecule has 4 aromatic rings. The Morgan fingerprint density at radius 2 is 1.81 bits per heavy atom. The van der Waals surface area contributed by atoms with Gasteiger partial charge in [0.2, 0.25) is 0 Å². The fourth-order valence-electron chi connectivity index (χ4n) is 3.31. The Labute approximate surface area is 185 Å². The number of pyridine rings is 2. The number of anilines is 2. The zero-order valence-electron chi connectivity index (χ0n) is 17.4. The van der Waals surface area contributed by atoms with Crippen molar-refractivity contribution in [1.82, 2.24) is 20.1 Å². The van der Waals surface area contributed by atoms with Crippen LogP contribution in [0.2, 0.25) is 0 Å². The maximum Gasteiger partial charge on any atom is 0.261 e. The highest BCUT2D eigenvalue weighted by Crippen LogP contribution is 2.38. The number of benzene rings is 1. The molecular weight excluding hydrogens is 418 g/mol. The summed E-state index contributed by atoms with van der Waals surface area (Å²) in [6.07, 6.45) is 1.72. The normalized spacial score (nSPS) is 12.6. The third-order valence-electron chi connectivity index (χ3n) is 4.87. The summed E-state index contributed by atoms with van der Waals surface area (Å²) in [5, 5.41) is 8.44. The van der Waals surface area contributed by atoms with E-state index in [2.05, 4.69) is 25.4 Å². The van der Waals surface area contributed by atoms with Crippen LogP contribution in [-0.4, -0.2) is 33.3 Å². The van der Waals surface area contributed by atoms with E-state index in [0.29, 0.717) is 41.9 Å². The number of aromatic nitrogens is 4. The molecule has 1 N–H and O–H groups in total. The van der Waals surface area contributed by atoms with Crippen LogP contribution in [0, 0.1) is 6.92 Å². The summed E-state index contributed by atoms with van der Waals surface area (Å²) < 4.78 is 16.9. The van der Waals surface area contributed by atoms with Gasteiger partial charge in [-0.3, -0.25) is 0 Å². The van der Waals surface area contributed by atoms with Gasteiger partial charge in [-0.15, -0.1) is 12.4 Å². The second-order valence-electron chi connectivity index (χ2n) is 7.47. The molecule has 0 atom stereocenters. The Morgan fingerprint density at radius 1 is 1.00 bits per heavy atom.